The number of hydrogen-bond acceptors (Lipinski definition) is 4. The van der Waals surface area contributed by atoms with Crippen LogP contribution in [-0.4, -0.2) is 32.6 Å². The van der Waals surface area contributed by atoms with Crippen molar-refractivity contribution < 1.29 is 19.0 Å². The normalized spacial score (nSPS) is 16.2. The van der Waals surface area contributed by atoms with E-state index in [9.17, 15) is 9.59 Å². The summed E-state index contributed by atoms with van der Waals surface area (Å²) in [5.74, 6) is -0.268. The van der Waals surface area contributed by atoms with Gasteiger partial charge in [0, 0.05) is 35.8 Å². The van der Waals surface area contributed by atoms with Crippen molar-refractivity contribution in [1.82, 2.24) is 20.1 Å². The van der Waals surface area contributed by atoms with E-state index in [1.54, 1.807) is 42.1 Å². The van der Waals surface area contributed by atoms with E-state index in [4.69, 9.17) is 11.6 Å². The van der Waals surface area contributed by atoms with E-state index in [0.29, 0.717) is 39.4 Å². The molecule has 0 unspecified atom stereocenters. The zero-order valence-electron chi connectivity index (χ0n) is 21.1. The third-order valence-electron chi connectivity index (χ3n) is 7.18. The molecule has 3 heterocycles. The number of halogens is 2. The Morgan fingerprint density at radius 2 is 1.84 bits per heavy atom. The van der Waals surface area contributed by atoms with Gasteiger partial charge in [0.15, 0.2) is 0 Å². The molecule has 1 atom stereocenters. The lowest BCUT2D eigenvalue weighted by atomic mass is 9.88. The molecule has 5 rings (SSSR count). The molecule has 3 aromatic heterocycles. The molecular weight excluding hydrogens is 495 g/mol. The van der Waals surface area contributed by atoms with E-state index >= 15 is 4.39 Å². The number of aryl methyl sites for hydroxylation is 1. The molecule has 10 heteroatoms. The number of carbonyl (C=O) groups excluding carboxylic acids is 2. The molecule has 194 valence electrons. The van der Waals surface area contributed by atoms with Gasteiger partial charge in [-0.25, -0.2) is 15.1 Å². The van der Waals surface area contributed by atoms with Gasteiger partial charge < -0.3 is 5.32 Å². The number of rotatable bonds is 9. The Morgan fingerprint density at radius 1 is 1.14 bits per heavy atom. The summed E-state index contributed by atoms with van der Waals surface area (Å²) in [7, 11) is 0. The number of carbonyl (C=O) groups is 2. The maximum Gasteiger partial charge on any atom is 0.330 e. The SMILES string of the molecule is Cc1ncc(Cl)cc1-c1ccc(NC(=O)[C@@H](NC(=O)c2ccnn2C(C)C)C(C2CC2)C2CC2)[nH+]c1F. The summed E-state index contributed by atoms with van der Waals surface area (Å²) in [6.07, 6.45) is 7.29. The first-order valence-electron chi connectivity index (χ1n) is 12.7. The minimum atomic E-state index is -0.737. The molecule has 0 aliphatic heterocycles. The van der Waals surface area contributed by atoms with Crippen molar-refractivity contribution in [2.45, 2.75) is 58.5 Å². The van der Waals surface area contributed by atoms with Crippen LogP contribution in [0, 0.1) is 30.6 Å². The molecule has 0 aromatic carbocycles. The number of hydrogen-bond donors (Lipinski definition) is 2. The second-order valence-electron chi connectivity index (χ2n) is 10.3. The van der Waals surface area contributed by atoms with Gasteiger partial charge in [-0.15, -0.1) is 0 Å². The number of nitrogens with zero attached hydrogens (tertiary/aromatic N) is 3. The molecule has 0 spiro atoms. The molecule has 0 saturated heterocycles. The van der Waals surface area contributed by atoms with Crippen molar-refractivity contribution >= 4 is 29.2 Å². The molecule has 8 nitrogen and oxygen atoms in total. The second-order valence-corrected chi connectivity index (χ2v) is 10.8. The zero-order valence-corrected chi connectivity index (χ0v) is 21.8. The third-order valence-corrected chi connectivity index (χ3v) is 7.38. The number of aromatic amines is 1. The highest BCUT2D eigenvalue weighted by atomic mass is 35.5. The van der Waals surface area contributed by atoms with E-state index in [1.807, 2.05) is 13.8 Å². The third kappa shape index (κ3) is 5.51. The lowest BCUT2D eigenvalue weighted by molar-refractivity contribution is -0.404. The Morgan fingerprint density at radius 3 is 2.46 bits per heavy atom. The maximum absolute atomic E-state index is 15.1. The highest BCUT2D eigenvalue weighted by Crippen LogP contribution is 2.51. The molecule has 2 saturated carbocycles. The molecular formula is C27H31ClFN6O2+. The zero-order chi connectivity index (χ0) is 26.3. The Kier molecular flexibility index (Phi) is 6.98. The molecule has 3 aromatic rings. The van der Waals surface area contributed by atoms with Crippen LogP contribution in [0.5, 0.6) is 0 Å². The minimum absolute atomic E-state index is 0.000102. The Labute approximate surface area is 220 Å². The van der Waals surface area contributed by atoms with E-state index in [0.717, 1.165) is 25.7 Å². The predicted molar refractivity (Wildman–Crippen MR) is 137 cm³/mol. The van der Waals surface area contributed by atoms with Gasteiger partial charge in [0.05, 0.1) is 10.6 Å². The maximum atomic E-state index is 15.1. The van der Waals surface area contributed by atoms with Crippen molar-refractivity contribution in [2.75, 3.05) is 5.32 Å². The van der Waals surface area contributed by atoms with Crippen LogP contribution in [0.15, 0.2) is 36.7 Å². The van der Waals surface area contributed by atoms with Gasteiger partial charge in [-0.1, -0.05) is 11.6 Å². The molecule has 0 radical (unpaired) electrons. The average Bonchev–Trinajstić information content (AvgIpc) is 3.80. The fourth-order valence-electron chi connectivity index (χ4n) is 5.09. The van der Waals surface area contributed by atoms with Gasteiger partial charge in [0.2, 0.25) is 0 Å². The number of anilines is 1. The van der Waals surface area contributed by atoms with Gasteiger partial charge in [0.25, 0.3) is 17.7 Å². The van der Waals surface area contributed by atoms with E-state index in [2.05, 4.69) is 25.7 Å². The first kappa shape index (κ1) is 25.3. The molecule has 2 amide bonds. The van der Waals surface area contributed by atoms with Crippen LogP contribution in [0.4, 0.5) is 10.2 Å². The van der Waals surface area contributed by atoms with Gasteiger partial charge in [-0.3, -0.25) is 14.5 Å². The minimum Gasteiger partial charge on any atom is -0.337 e. The van der Waals surface area contributed by atoms with Crippen molar-refractivity contribution in [2.24, 2.45) is 17.8 Å². The molecule has 2 fully saturated rings. The molecule has 3 N–H and O–H groups in total. The van der Waals surface area contributed by atoms with Gasteiger partial charge in [-0.05, 0) is 82.4 Å². The van der Waals surface area contributed by atoms with E-state index in [1.165, 1.54) is 6.20 Å². The largest absolute Gasteiger partial charge is 0.337 e. The summed E-state index contributed by atoms with van der Waals surface area (Å²) in [6.45, 7) is 5.66. The first-order valence-corrected chi connectivity index (χ1v) is 13.1. The second kappa shape index (κ2) is 10.2. The smallest absolute Gasteiger partial charge is 0.330 e. The van der Waals surface area contributed by atoms with E-state index in [-0.39, 0.29) is 29.6 Å². The predicted octanol–water partition coefficient (Wildman–Crippen LogP) is 4.61. The lowest BCUT2D eigenvalue weighted by Gasteiger charge is -2.25. The number of amides is 2. The monoisotopic (exact) mass is 525 g/mol. The summed E-state index contributed by atoms with van der Waals surface area (Å²) < 4.78 is 16.7. The summed E-state index contributed by atoms with van der Waals surface area (Å²) in [5.41, 5.74) is 1.90. The van der Waals surface area contributed by atoms with Gasteiger partial charge in [0.1, 0.15) is 11.7 Å². The van der Waals surface area contributed by atoms with Crippen LogP contribution in [0.2, 0.25) is 5.02 Å². The topological polar surface area (TPSA) is 103 Å². The van der Waals surface area contributed by atoms with Crippen LogP contribution in [-0.2, 0) is 4.79 Å². The van der Waals surface area contributed by atoms with Gasteiger partial charge >= 0.3 is 5.91 Å². The molecule has 2 aliphatic carbocycles. The van der Waals surface area contributed by atoms with Crippen LogP contribution in [0.1, 0.15) is 61.8 Å². The van der Waals surface area contributed by atoms with Crippen molar-refractivity contribution in [3.05, 3.63) is 59.0 Å². The quantitative estimate of drug-likeness (QED) is 0.398. The standard InChI is InChI=1S/C27H30ClFN6O2/c1-14(2)35-21(10-11-31-35)26(36)34-24(23(16-4-5-16)17-6-7-17)27(37)33-22-9-8-19(25(29)32-22)20-12-18(28)13-30-15(20)3/h8-14,16-17,23-24H,4-7H2,1-3H3,(H,34,36)(H,32,33,37)/p+1/t24-/m0/s1. The Hall–Kier alpha value is -3.33. The number of pyridine rings is 2. The van der Waals surface area contributed by atoms with Crippen molar-refractivity contribution in [3.8, 4) is 11.1 Å². The Balaban J connectivity index is 1.39. The molecule has 0 bridgehead atoms. The fraction of sp³-hybridized carbons (Fsp3) is 0.444. The fourth-order valence-corrected chi connectivity index (χ4v) is 5.25. The Bertz CT molecular complexity index is 1320. The number of aromatic nitrogens is 4. The number of H-pyrrole nitrogens is 1. The first-order chi connectivity index (χ1) is 17.7. The van der Waals surface area contributed by atoms with Crippen molar-refractivity contribution in [3.63, 3.8) is 0 Å². The van der Waals surface area contributed by atoms with Crippen LogP contribution < -0.4 is 15.6 Å². The summed E-state index contributed by atoms with van der Waals surface area (Å²) >= 11 is 6.06. The van der Waals surface area contributed by atoms with Crippen LogP contribution in [0.25, 0.3) is 11.1 Å². The summed E-state index contributed by atoms with van der Waals surface area (Å²) in [4.78, 5) is 33.7. The highest BCUT2D eigenvalue weighted by molar-refractivity contribution is 6.30. The summed E-state index contributed by atoms with van der Waals surface area (Å²) in [5, 5.41) is 10.5. The van der Waals surface area contributed by atoms with E-state index < -0.39 is 12.0 Å². The van der Waals surface area contributed by atoms with Crippen LogP contribution in [0.3, 0.4) is 0 Å². The van der Waals surface area contributed by atoms with Crippen molar-refractivity contribution in [1.29, 1.82) is 0 Å². The highest BCUT2D eigenvalue weighted by Gasteiger charge is 2.49. The summed E-state index contributed by atoms with van der Waals surface area (Å²) in [6, 6.07) is 5.75. The lowest BCUT2D eigenvalue weighted by Crippen LogP contribution is -2.50. The van der Waals surface area contributed by atoms with Crippen LogP contribution >= 0.6 is 11.6 Å². The van der Waals surface area contributed by atoms with Gasteiger partial charge in [-0.2, -0.15) is 9.49 Å². The average molecular weight is 526 g/mol. The molecule has 37 heavy (non-hydrogen) atoms. The molecule has 2 aliphatic rings. The number of nitrogens with one attached hydrogen (secondary N) is 3.